The van der Waals surface area contributed by atoms with E-state index in [9.17, 15) is 14.4 Å². The van der Waals surface area contributed by atoms with Crippen molar-refractivity contribution < 1.29 is 19.1 Å². The van der Waals surface area contributed by atoms with Gasteiger partial charge in [0.15, 0.2) is 6.04 Å². The van der Waals surface area contributed by atoms with Gasteiger partial charge in [0.25, 0.3) is 0 Å². The van der Waals surface area contributed by atoms with Gasteiger partial charge in [0.1, 0.15) is 0 Å². The van der Waals surface area contributed by atoms with Crippen molar-refractivity contribution in [1.29, 1.82) is 0 Å². The molecule has 2 aliphatic rings. The Labute approximate surface area is 156 Å². The van der Waals surface area contributed by atoms with Crippen LogP contribution < -0.4 is 4.90 Å². The topological polar surface area (TPSA) is 76.0 Å². The zero-order chi connectivity index (χ0) is 19.0. The van der Waals surface area contributed by atoms with Crippen LogP contribution in [0.2, 0.25) is 0 Å². The predicted molar refractivity (Wildman–Crippen MR) is 99.3 cm³/mol. The molecule has 2 heterocycles. The van der Waals surface area contributed by atoms with E-state index in [-0.39, 0.29) is 12.5 Å². The molecule has 136 valence electrons. The molecule has 0 bridgehead atoms. The Morgan fingerprint density at radius 1 is 1.00 bits per heavy atom. The molecule has 2 amide bonds. The number of amides is 2. The monoisotopic (exact) mass is 362 g/mol. The number of para-hydroxylation sites is 1. The maximum absolute atomic E-state index is 13.2. The molecule has 0 N–H and O–H groups in total. The summed E-state index contributed by atoms with van der Waals surface area (Å²) in [4.78, 5) is 44.4. The van der Waals surface area contributed by atoms with E-state index < -0.39 is 29.8 Å². The van der Waals surface area contributed by atoms with Crippen LogP contribution in [0.25, 0.3) is 0 Å². The predicted octanol–water partition coefficient (Wildman–Crippen LogP) is 2.23. The second kappa shape index (κ2) is 6.79. The van der Waals surface area contributed by atoms with Gasteiger partial charge in [0, 0.05) is 0 Å². The maximum Gasteiger partial charge on any atom is 0.331 e. The normalized spacial score (nSPS) is 24.0. The van der Waals surface area contributed by atoms with Crippen LogP contribution in [0.3, 0.4) is 0 Å². The number of hydrogen-bond acceptors (Lipinski definition) is 5. The zero-order valence-electron chi connectivity index (χ0n) is 14.7. The molecular weight excluding hydrogens is 344 g/mol. The Bertz CT molecular complexity index is 924. The lowest BCUT2D eigenvalue weighted by Crippen LogP contribution is -2.36. The van der Waals surface area contributed by atoms with E-state index in [1.54, 1.807) is 31.2 Å². The summed E-state index contributed by atoms with van der Waals surface area (Å²) in [6.45, 7) is 1.89. The third-order valence-corrected chi connectivity index (χ3v) is 4.88. The highest BCUT2D eigenvalue weighted by Crippen LogP contribution is 2.41. The average Bonchev–Trinajstić information content (AvgIpc) is 3.21. The Morgan fingerprint density at radius 3 is 2.26 bits per heavy atom. The molecule has 3 atom stereocenters. The van der Waals surface area contributed by atoms with E-state index in [2.05, 4.69) is 4.99 Å². The van der Waals surface area contributed by atoms with Crippen molar-refractivity contribution in [3.8, 4) is 0 Å². The molecule has 0 radical (unpaired) electrons. The molecule has 0 unspecified atom stereocenters. The number of aliphatic imine (C=N–C) groups is 1. The molecule has 6 heteroatoms. The maximum atomic E-state index is 13.2. The highest BCUT2D eigenvalue weighted by atomic mass is 16.5. The molecule has 6 nitrogen and oxygen atoms in total. The van der Waals surface area contributed by atoms with Crippen molar-refractivity contribution >= 4 is 29.2 Å². The zero-order valence-corrected chi connectivity index (χ0v) is 14.7. The summed E-state index contributed by atoms with van der Waals surface area (Å²) >= 11 is 0. The van der Waals surface area contributed by atoms with Gasteiger partial charge in [-0.1, -0.05) is 48.5 Å². The third-order valence-electron chi connectivity index (χ3n) is 4.88. The summed E-state index contributed by atoms with van der Waals surface area (Å²) < 4.78 is 5.11. The number of fused-ring (bicyclic) bond motifs is 1. The Kier molecular flexibility index (Phi) is 4.32. The Hall–Kier alpha value is -3.28. The number of benzene rings is 2. The van der Waals surface area contributed by atoms with Crippen molar-refractivity contribution in [3.63, 3.8) is 0 Å². The first-order valence-corrected chi connectivity index (χ1v) is 8.86. The first-order valence-electron chi connectivity index (χ1n) is 8.86. The fourth-order valence-corrected chi connectivity index (χ4v) is 3.73. The number of carbonyl (C=O) groups excluding carboxylic acids is 3. The van der Waals surface area contributed by atoms with Crippen LogP contribution in [0.1, 0.15) is 12.5 Å². The molecular formula is C21H18N2O4. The van der Waals surface area contributed by atoms with Crippen LogP contribution in [0.5, 0.6) is 0 Å². The molecule has 2 aliphatic heterocycles. The fourth-order valence-electron chi connectivity index (χ4n) is 3.73. The van der Waals surface area contributed by atoms with Crippen LogP contribution in [-0.2, 0) is 19.1 Å². The van der Waals surface area contributed by atoms with Crippen LogP contribution in [0, 0.1) is 11.8 Å². The van der Waals surface area contributed by atoms with Gasteiger partial charge in [-0.3, -0.25) is 14.6 Å². The lowest BCUT2D eigenvalue weighted by molar-refractivity contribution is -0.147. The smallest absolute Gasteiger partial charge is 0.331 e. The minimum atomic E-state index is -1.00. The minimum Gasteiger partial charge on any atom is -0.464 e. The fraction of sp³-hybridized carbons (Fsp3) is 0.238. The van der Waals surface area contributed by atoms with E-state index in [0.29, 0.717) is 11.4 Å². The lowest BCUT2D eigenvalue weighted by atomic mass is 9.86. The summed E-state index contributed by atoms with van der Waals surface area (Å²) in [7, 11) is 0. The molecule has 1 saturated heterocycles. The highest BCUT2D eigenvalue weighted by molar-refractivity contribution is 6.33. The van der Waals surface area contributed by atoms with Crippen LogP contribution in [-0.4, -0.2) is 36.1 Å². The quantitative estimate of drug-likeness (QED) is 0.617. The number of nitrogens with zero attached hydrogens (tertiary/aromatic N) is 2. The standard InChI is InChI=1S/C21H18N2O4/c1-2-27-21(26)18-16-15(17(22-18)13-9-5-3-6-10-13)19(24)23(20(16)25)14-11-7-4-8-12-14/h3-12,15-16,18H,2H2,1H3/t15-,16+,18+/m0/s1. The molecule has 27 heavy (non-hydrogen) atoms. The lowest BCUT2D eigenvalue weighted by Gasteiger charge is -2.17. The summed E-state index contributed by atoms with van der Waals surface area (Å²) in [5, 5.41) is 0. The third kappa shape index (κ3) is 2.73. The number of carbonyl (C=O) groups is 3. The van der Waals surface area contributed by atoms with Crippen LogP contribution in [0.15, 0.2) is 65.7 Å². The number of esters is 1. The molecule has 0 aliphatic carbocycles. The van der Waals surface area contributed by atoms with Gasteiger partial charge in [-0.15, -0.1) is 0 Å². The van der Waals surface area contributed by atoms with Crippen molar-refractivity contribution in [3.05, 3.63) is 66.2 Å². The summed E-state index contributed by atoms with van der Waals surface area (Å²) in [6, 6.07) is 16.9. The summed E-state index contributed by atoms with van der Waals surface area (Å²) in [6.07, 6.45) is 0. The van der Waals surface area contributed by atoms with Crippen molar-refractivity contribution in [1.82, 2.24) is 0 Å². The van der Waals surface area contributed by atoms with Gasteiger partial charge in [-0.05, 0) is 24.6 Å². The van der Waals surface area contributed by atoms with E-state index in [1.807, 2.05) is 36.4 Å². The molecule has 0 saturated carbocycles. The molecule has 0 aromatic heterocycles. The number of imide groups is 1. The Balaban J connectivity index is 1.79. The van der Waals surface area contributed by atoms with E-state index in [1.165, 1.54) is 4.90 Å². The van der Waals surface area contributed by atoms with E-state index in [4.69, 9.17) is 4.74 Å². The van der Waals surface area contributed by atoms with Gasteiger partial charge in [-0.2, -0.15) is 0 Å². The van der Waals surface area contributed by atoms with Crippen molar-refractivity contribution in [2.45, 2.75) is 13.0 Å². The van der Waals surface area contributed by atoms with Crippen LogP contribution in [0.4, 0.5) is 5.69 Å². The number of ether oxygens (including phenoxy) is 1. The second-order valence-corrected chi connectivity index (χ2v) is 6.43. The van der Waals surface area contributed by atoms with Gasteiger partial charge in [-0.25, -0.2) is 9.69 Å². The second-order valence-electron chi connectivity index (χ2n) is 6.43. The Morgan fingerprint density at radius 2 is 1.63 bits per heavy atom. The molecule has 2 aromatic rings. The molecule has 0 spiro atoms. The largest absolute Gasteiger partial charge is 0.464 e. The molecule has 2 aromatic carbocycles. The summed E-state index contributed by atoms with van der Waals surface area (Å²) in [5.41, 5.74) is 1.70. The summed E-state index contributed by atoms with van der Waals surface area (Å²) in [5.74, 6) is -2.99. The minimum absolute atomic E-state index is 0.188. The van der Waals surface area contributed by atoms with Gasteiger partial charge in [0.05, 0.1) is 29.8 Å². The van der Waals surface area contributed by atoms with E-state index in [0.717, 1.165) is 5.56 Å². The number of hydrogen-bond donors (Lipinski definition) is 0. The van der Waals surface area contributed by atoms with Crippen LogP contribution >= 0.6 is 0 Å². The van der Waals surface area contributed by atoms with Crippen molar-refractivity contribution in [2.75, 3.05) is 11.5 Å². The number of anilines is 1. The molecule has 4 rings (SSSR count). The van der Waals surface area contributed by atoms with Gasteiger partial charge >= 0.3 is 5.97 Å². The average molecular weight is 362 g/mol. The highest BCUT2D eigenvalue weighted by Gasteiger charge is 2.59. The molecule has 1 fully saturated rings. The van der Waals surface area contributed by atoms with Crippen molar-refractivity contribution in [2.24, 2.45) is 16.8 Å². The van der Waals surface area contributed by atoms with Gasteiger partial charge in [0.2, 0.25) is 11.8 Å². The SMILES string of the molecule is CCOC(=O)[C@@H]1N=C(c2ccccc2)[C@H]2C(=O)N(c3ccccc3)C(=O)[C@H]21. The first-order chi connectivity index (χ1) is 13.1. The van der Waals surface area contributed by atoms with Gasteiger partial charge < -0.3 is 4.74 Å². The van der Waals surface area contributed by atoms with E-state index >= 15 is 0 Å². The number of rotatable bonds is 4. The first kappa shape index (κ1) is 17.1.